The van der Waals surface area contributed by atoms with Crippen molar-refractivity contribution >= 4 is 0 Å². The first-order valence-corrected chi connectivity index (χ1v) is 5.85. The molecule has 0 bridgehead atoms. The fourth-order valence-corrected chi connectivity index (χ4v) is 1.51. The Morgan fingerprint density at radius 2 is 1.36 bits per heavy atom. The number of unbranched alkanes of at least 4 members (excludes halogenated alkanes) is 8. The molecule has 84 valence electrons. The largest absolute Gasteiger partial charge is 0.481 e. The van der Waals surface area contributed by atoms with Crippen LogP contribution in [0.15, 0.2) is 12.0 Å². The highest BCUT2D eigenvalue weighted by Crippen LogP contribution is 2.09. The van der Waals surface area contributed by atoms with Crippen molar-refractivity contribution in [2.75, 3.05) is 0 Å². The average molecular weight is 200 g/mol. The molecule has 2 heteroatoms. The highest BCUT2D eigenvalue weighted by molar-refractivity contribution is 4.78. The molecule has 0 spiro atoms. The van der Waals surface area contributed by atoms with Gasteiger partial charge in [-0.15, -0.1) is 0 Å². The van der Waals surface area contributed by atoms with Gasteiger partial charge in [-0.25, -0.2) is 0 Å². The molecule has 0 saturated carbocycles. The summed E-state index contributed by atoms with van der Waals surface area (Å²) >= 11 is 0. The molecule has 0 fully saturated rings. The number of rotatable bonds is 9. The van der Waals surface area contributed by atoms with E-state index < -0.39 is 5.95 Å². The van der Waals surface area contributed by atoms with Gasteiger partial charge in [0.05, 0.1) is 0 Å². The maximum Gasteiger partial charge on any atom is 0.269 e. The van der Waals surface area contributed by atoms with Crippen LogP contribution in [0.2, 0.25) is 0 Å². The van der Waals surface area contributed by atoms with Gasteiger partial charge < -0.3 is 10.2 Å². The standard InChI is InChI=1S/C12H24O2/c1-2-3-4-5-6-7-8-9-10-11-12(13)14/h11,13-14H,2-10H2,1H3. The molecule has 0 radical (unpaired) electrons. The molecule has 0 amide bonds. The summed E-state index contributed by atoms with van der Waals surface area (Å²) in [5.74, 6) is -0.534. The van der Waals surface area contributed by atoms with Crippen LogP contribution in [0.4, 0.5) is 0 Å². The smallest absolute Gasteiger partial charge is 0.269 e. The minimum Gasteiger partial charge on any atom is -0.481 e. The molecule has 0 atom stereocenters. The van der Waals surface area contributed by atoms with Crippen LogP contribution in [-0.2, 0) is 0 Å². The Bertz CT molecular complexity index is 137. The lowest BCUT2D eigenvalue weighted by molar-refractivity contribution is 0.189. The fourth-order valence-electron chi connectivity index (χ4n) is 1.51. The van der Waals surface area contributed by atoms with E-state index in [0.29, 0.717) is 0 Å². The van der Waals surface area contributed by atoms with Gasteiger partial charge in [0, 0.05) is 0 Å². The number of hydrogen-bond donors (Lipinski definition) is 2. The minimum atomic E-state index is -0.534. The van der Waals surface area contributed by atoms with Gasteiger partial charge in [-0.2, -0.15) is 0 Å². The lowest BCUT2D eigenvalue weighted by Crippen LogP contribution is -1.81. The monoisotopic (exact) mass is 200 g/mol. The molecule has 14 heavy (non-hydrogen) atoms. The maximum absolute atomic E-state index is 8.47. The number of hydrogen-bond acceptors (Lipinski definition) is 2. The van der Waals surface area contributed by atoms with Crippen molar-refractivity contribution in [1.29, 1.82) is 0 Å². The molecule has 0 aliphatic rings. The van der Waals surface area contributed by atoms with E-state index >= 15 is 0 Å². The maximum atomic E-state index is 8.47. The molecule has 0 rings (SSSR count). The Kier molecular flexibility index (Phi) is 9.93. The van der Waals surface area contributed by atoms with Crippen LogP contribution in [-0.4, -0.2) is 10.2 Å². The van der Waals surface area contributed by atoms with Crippen LogP contribution < -0.4 is 0 Å². The molecule has 0 aromatic carbocycles. The summed E-state index contributed by atoms with van der Waals surface area (Å²) in [7, 11) is 0. The van der Waals surface area contributed by atoms with Crippen LogP contribution in [0.1, 0.15) is 64.7 Å². The molecule has 2 N–H and O–H groups in total. The lowest BCUT2D eigenvalue weighted by Gasteiger charge is -1.99. The summed E-state index contributed by atoms with van der Waals surface area (Å²) in [4.78, 5) is 0. The van der Waals surface area contributed by atoms with Crippen molar-refractivity contribution in [3.8, 4) is 0 Å². The summed E-state index contributed by atoms with van der Waals surface area (Å²) in [5.41, 5.74) is 0. The summed E-state index contributed by atoms with van der Waals surface area (Å²) < 4.78 is 0. The van der Waals surface area contributed by atoms with E-state index in [1.165, 1.54) is 51.0 Å². The van der Waals surface area contributed by atoms with Crippen molar-refractivity contribution in [2.45, 2.75) is 64.7 Å². The van der Waals surface area contributed by atoms with Gasteiger partial charge in [0.1, 0.15) is 0 Å². The molecule has 0 aromatic heterocycles. The molecule has 0 heterocycles. The number of allylic oxidation sites excluding steroid dienone is 1. The number of aliphatic hydroxyl groups is 2. The van der Waals surface area contributed by atoms with Gasteiger partial charge in [0.2, 0.25) is 0 Å². The lowest BCUT2D eigenvalue weighted by atomic mass is 10.1. The van der Waals surface area contributed by atoms with E-state index in [4.69, 9.17) is 10.2 Å². The molecule has 0 aromatic rings. The van der Waals surface area contributed by atoms with E-state index in [1.54, 1.807) is 0 Å². The minimum absolute atomic E-state index is 0.534. The third kappa shape index (κ3) is 11.3. The molecule has 0 saturated heterocycles. The average Bonchev–Trinajstić information content (AvgIpc) is 2.15. The SMILES string of the molecule is CCCCCCCCCCC=C(O)O. The fraction of sp³-hybridized carbons (Fsp3) is 0.833. The van der Waals surface area contributed by atoms with E-state index in [9.17, 15) is 0 Å². The first-order valence-electron chi connectivity index (χ1n) is 5.85. The van der Waals surface area contributed by atoms with E-state index in [-0.39, 0.29) is 0 Å². The second kappa shape index (κ2) is 10.4. The highest BCUT2D eigenvalue weighted by atomic mass is 16.5. The van der Waals surface area contributed by atoms with Crippen LogP contribution in [0, 0.1) is 0 Å². The van der Waals surface area contributed by atoms with Crippen LogP contribution in [0.3, 0.4) is 0 Å². The van der Waals surface area contributed by atoms with Crippen molar-refractivity contribution in [3.63, 3.8) is 0 Å². The zero-order valence-electron chi connectivity index (χ0n) is 9.34. The molecular formula is C12H24O2. The van der Waals surface area contributed by atoms with Gasteiger partial charge in [-0.3, -0.25) is 0 Å². The van der Waals surface area contributed by atoms with E-state index in [1.807, 2.05) is 0 Å². The van der Waals surface area contributed by atoms with Crippen molar-refractivity contribution < 1.29 is 10.2 Å². The van der Waals surface area contributed by atoms with Crippen LogP contribution >= 0.6 is 0 Å². The summed E-state index contributed by atoms with van der Waals surface area (Å²) in [6, 6.07) is 0. The second-order valence-electron chi connectivity index (χ2n) is 3.83. The van der Waals surface area contributed by atoms with Gasteiger partial charge in [-0.05, 0) is 18.9 Å². The Hall–Kier alpha value is -0.660. The third-order valence-corrected chi connectivity index (χ3v) is 2.38. The quantitative estimate of drug-likeness (QED) is 0.425. The molecule has 0 aliphatic carbocycles. The molecule has 0 unspecified atom stereocenters. The van der Waals surface area contributed by atoms with Gasteiger partial charge in [0.25, 0.3) is 5.95 Å². The predicted molar refractivity (Wildman–Crippen MR) is 60.6 cm³/mol. The van der Waals surface area contributed by atoms with E-state index in [2.05, 4.69) is 6.92 Å². The zero-order valence-corrected chi connectivity index (χ0v) is 9.34. The summed E-state index contributed by atoms with van der Waals surface area (Å²) in [6.45, 7) is 2.23. The van der Waals surface area contributed by atoms with Crippen molar-refractivity contribution in [3.05, 3.63) is 12.0 Å². The Labute approximate surface area is 87.7 Å². The van der Waals surface area contributed by atoms with Crippen LogP contribution in [0.25, 0.3) is 0 Å². The van der Waals surface area contributed by atoms with Crippen molar-refractivity contribution in [1.82, 2.24) is 0 Å². The zero-order chi connectivity index (χ0) is 10.6. The normalized spacial score (nSPS) is 10.1. The Balaban J connectivity index is 2.96. The molecule has 2 nitrogen and oxygen atoms in total. The third-order valence-electron chi connectivity index (χ3n) is 2.38. The van der Waals surface area contributed by atoms with E-state index in [0.717, 1.165) is 12.8 Å². The molecular weight excluding hydrogens is 176 g/mol. The van der Waals surface area contributed by atoms with Gasteiger partial charge >= 0.3 is 0 Å². The van der Waals surface area contributed by atoms with Gasteiger partial charge in [-0.1, -0.05) is 51.9 Å². The summed E-state index contributed by atoms with van der Waals surface area (Å²) in [6.07, 6.45) is 12.5. The second-order valence-corrected chi connectivity index (χ2v) is 3.83. The summed E-state index contributed by atoms with van der Waals surface area (Å²) in [5, 5.41) is 16.9. The predicted octanol–water partition coefficient (Wildman–Crippen LogP) is 4.47. The van der Waals surface area contributed by atoms with Gasteiger partial charge in [0.15, 0.2) is 0 Å². The number of aliphatic hydroxyl groups excluding tert-OH is 1. The van der Waals surface area contributed by atoms with Crippen LogP contribution in [0.5, 0.6) is 0 Å². The first-order chi connectivity index (χ1) is 6.77. The molecule has 0 aliphatic heterocycles. The Morgan fingerprint density at radius 1 is 0.857 bits per heavy atom. The van der Waals surface area contributed by atoms with Crippen molar-refractivity contribution in [2.24, 2.45) is 0 Å². The first kappa shape index (κ1) is 13.3. The Morgan fingerprint density at radius 3 is 1.86 bits per heavy atom. The highest BCUT2D eigenvalue weighted by Gasteiger charge is 1.91. The topological polar surface area (TPSA) is 40.5 Å².